The molecular weight excluding hydrogens is 306 g/mol. The molecule has 1 aliphatic rings. The maximum Gasteiger partial charge on any atom is 0.159 e. The molecule has 0 atom stereocenters. The minimum atomic E-state index is 0.526. The number of rotatable bonds is 7. The first-order valence-electron chi connectivity index (χ1n) is 8.53. The first-order valence-corrected chi connectivity index (χ1v) is 8.53. The molecule has 0 radical (unpaired) electrons. The van der Waals surface area contributed by atoms with Gasteiger partial charge in [-0.3, -0.25) is 4.90 Å². The monoisotopic (exact) mass is 333 g/mol. The molecule has 7 heteroatoms. The van der Waals surface area contributed by atoms with Crippen molar-refractivity contribution in [1.82, 2.24) is 24.6 Å². The fourth-order valence-corrected chi connectivity index (χ4v) is 2.89. The summed E-state index contributed by atoms with van der Waals surface area (Å²) in [7, 11) is 4.09. The molecule has 0 aliphatic carbocycles. The van der Waals surface area contributed by atoms with Gasteiger partial charge in [-0.2, -0.15) is 0 Å². The van der Waals surface area contributed by atoms with Crippen molar-refractivity contribution in [3.05, 3.63) is 35.3 Å². The van der Waals surface area contributed by atoms with Gasteiger partial charge in [-0.1, -0.05) is 0 Å². The molecule has 0 N–H and O–H groups in total. The van der Waals surface area contributed by atoms with Crippen LogP contribution in [0.25, 0.3) is 0 Å². The molecule has 1 aliphatic heterocycles. The zero-order valence-corrected chi connectivity index (χ0v) is 14.9. The number of hydrogen-bond donors (Lipinski definition) is 0. The fraction of sp³-hybridized carbons (Fsp3) is 0.647. The van der Waals surface area contributed by atoms with Gasteiger partial charge < -0.3 is 18.6 Å². The largest absolute Gasteiger partial charge is 0.465 e. The van der Waals surface area contributed by atoms with E-state index in [9.17, 15) is 0 Å². The quantitative estimate of drug-likeness (QED) is 0.712. The fourth-order valence-electron chi connectivity index (χ4n) is 2.89. The van der Waals surface area contributed by atoms with E-state index < -0.39 is 0 Å². The summed E-state index contributed by atoms with van der Waals surface area (Å²) in [5.41, 5.74) is 0. The van der Waals surface area contributed by atoms with Crippen molar-refractivity contribution in [2.24, 2.45) is 0 Å². The van der Waals surface area contributed by atoms with Gasteiger partial charge in [0.05, 0.1) is 13.2 Å². The molecule has 0 aromatic carbocycles. The van der Waals surface area contributed by atoms with E-state index in [0.717, 1.165) is 62.3 Å². The van der Waals surface area contributed by atoms with Gasteiger partial charge in [-0.15, -0.1) is 10.2 Å². The van der Waals surface area contributed by atoms with E-state index in [2.05, 4.69) is 30.6 Å². The van der Waals surface area contributed by atoms with E-state index in [1.165, 1.54) is 0 Å². The van der Waals surface area contributed by atoms with Crippen molar-refractivity contribution in [3.8, 4) is 0 Å². The minimum absolute atomic E-state index is 0.526. The second-order valence-electron chi connectivity index (χ2n) is 6.58. The third-order valence-electron chi connectivity index (χ3n) is 4.28. The van der Waals surface area contributed by atoms with Crippen LogP contribution in [0.1, 0.15) is 23.2 Å². The maximum absolute atomic E-state index is 5.73. The molecule has 0 saturated carbocycles. The Hall–Kier alpha value is -1.70. The summed E-state index contributed by atoms with van der Waals surface area (Å²) in [6.45, 7) is 7.81. The number of hydrogen-bond acceptors (Lipinski definition) is 6. The van der Waals surface area contributed by atoms with Crippen LogP contribution in [0.15, 0.2) is 16.5 Å². The molecular formula is C17H27N5O2. The Bertz CT molecular complexity index is 649. The lowest BCUT2D eigenvalue weighted by molar-refractivity contribution is 0.0978. The van der Waals surface area contributed by atoms with Crippen LogP contribution in [0, 0.1) is 6.92 Å². The molecule has 0 bridgehead atoms. The summed E-state index contributed by atoms with van der Waals surface area (Å²) in [6.07, 6.45) is 0.907. The van der Waals surface area contributed by atoms with Gasteiger partial charge in [0.15, 0.2) is 5.82 Å². The predicted octanol–water partition coefficient (Wildman–Crippen LogP) is 1.32. The molecule has 2 aromatic heterocycles. The average molecular weight is 333 g/mol. The number of fused-ring (bicyclic) bond motifs is 1. The Morgan fingerprint density at radius 2 is 2.08 bits per heavy atom. The summed E-state index contributed by atoms with van der Waals surface area (Å²) in [4.78, 5) is 4.52. The molecule has 2 aromatic rings. The van der Waals surface area contributed by atoms with Gasteiger partial charge in [-0.05, 0) is 33.2 Å². The summed E-state index contributed by atoms with van der Waals surface area (Å²) >= 11 is 0. The molecule has 0 fully saturated rings. The summed E-state index contributed by atoms with van der Waals surface area (Å²) in [5.74, 6) is 3.98. The minimum Gasteiger partial charge on any atom is -0.465 e. The zero-order valence-electron chi connectivity index (χ0n) is 14.9. The normalized spacial score (nSPS) is 15.7. The molecule has 3 rings (SSSR count). The van der Waals surface area contributed by atoms with Gasteiger partial charge in [0.1, 0.15) is 24.0 Å². The Kier molecular flexibility index (Phi) is 5.65. The standard InChI is InChI=1S/C17H27N5O2/c1-14-4-5-15(24-14)12-21-7-6-16-18-19-17(22(16)9-8-21)13-23-11-10-20(2)3/h4-5H,6-13H2,1-3H3. The predicted molar refractivity (Wildman–Crippen MR) is 90.7 cm³/mol. The first kappa shape index (κ1) is 17.1. The van der Waals surface area contributed by atoms with Crippen LogP contribution in [0.2, 0.25) is 0 Å². The highest BCUT2D eigenvalue weighted by Gasteiger charge is 2.19. The van der Waals surface area contributed by atoms with E-state index in [0.29, 0.717) is 13.2 Å². The second kappa shape index (κ2) is 7.92. The lowest BCUT2D eigenvalue weighted by Crippen LogP contribution is -2.26. The van der Waals surface area contributed by atoms with Gasteiger partial charge >= 0.3 is 0 Å². The molecule has 24 heavy (non-hydrogen) atoms. The van der Waals surface area contributed by atoms with Gasteiger partial charge in [0, 0.05) is 32.6 Å². The Balaban J connectivity index is 1.54. The lowest BCUT2D eigenvalue weighted by Gasteiger charge is -2.18. The van der Waals surface area contributed by atoms with Crippen LogP contribution >= 0.6 is 0 Å². The zero-order chi connectivity index (χ0) is 16.9. The molecule has 0 unspecified atom stereocenters. The number of nitrogens with zero attached hydrogens (tertiary/aromatic N) is 5. The van der Waals surface area contributed by atoms with Gasteiger partial charge in [-0.25, -0.2) is 0 Å². The van der Waals surface area contributed by atoms with E-state index in [1.54, 1.807) is 0 Å². The highest BCUT2D eigenvalue weighted by Crippen LogP contribution is 2.14. The first-order chi connectivity index (χ1) is 11.6. The molecule has 3 heterocycles. The maximum atomic E-state index is 5.73. The highest BCUT2D eigenvalue weighted by atomic mass is 16.5. The number of ether oxygens (including phenoxy) is 1. The van der Waals surface area contributed by atoms with E-state index in [1.807, 2.05) is 27.1 Å². The number of likely N-dealkylation sites (N-methyl/N-ethyl adjacent to an activating group) is 1. The van der Waals surface area contributed by atoms with Crippen molar-refractivity contribution in [3.63, 3.8) is 0 Å². The summed E-state index contributed by atoms with van der Waals surface area (Å²) in [5, 5.41) is 8.65. The molecule has 132 valence electrons. The van der Waals surface area contributed by atoms with Crippen molar-refractivity contribution >= 4 is 0 Å². The molecule has 0 saturated heterocycles. The van der Waals surface area contributed by atoms with Crippen LogP contribution in [0.3, 0.4) is 0 Å². The number of aryl methyl sites for hydroxylation is 1. The Labute approximate surface area is 143 Å². The van der Waals surface area contributed by atoms with Gasteiger partial charge in [0.25, 0.3) is 0 Å². The van der Waals surface area contributed by atoms with Crippen LogP contribution in [-0.4, -0.2) is 64.9 Å². The van der Waals surface area contributed by atoms with Crippen LogP contribution in [0.5, 0.6) is 0 Å². The van der Waals surface area contributed by atoms with E-state index >= 15 is 0 Å². The smallest absolute Gasteiger partial charge is 0.159 e. The number of aromatic nitrogens is 3. The van der Waals surface area contributed by atoms with Gasteiger partial charge in [0.2, 0.25) is 0 Å². The number of furan rings is 1. The van der Waals surface area contributed by atoms with Crippen molar-refractivity contribution in [1.29, 1.82) is 0 Å². The van der Waals surface area contributed by atoms with Crippen LogP contribution < -0.4 is 0 Å². The van der Waals surface area contributed by atoms with E-state index in [4.69, 9.17) is 9.15 Å². The van der Waals surface area contributed by atoms with Crippen molar-refractivity contribution in [2.45, 2.75) is 33.0 Å². The SMILES string of the molecule is Cc1ccc(CN2CCc3nnc(COCCN(C)C)n3CC2)o1. The van der Waals surface area contributed by atoms with Crippen molar-refractivity contribution < 1.29 is 9.15 Å². The highest BCUT2D eigenvalue weighted by molar-refractivity contribution is 5.06. The topological polar surface area (TPSA) is 59.6 Å². The third kappa shape index (κ3) is 4.43. The van der Waals surface area contributed by atoms with Crippen LogP contribution in [0.4, 0.5) is 0 Å². The molecule has 7 nitrogen and oxygen atoms in total. The Morgan fingerprint density at radius 3 is 2.83 bits per heavy atom. The van der Waals surface area contributed by atoms with E-state index in [-0.39, 0.29) is 0 Å². The molecule has 0 spiro atoms. The Morgan fingerprint density at radius 1 is 1.21 bits per heavy atom. The lowest BCUT2D eigenvalue weighted by atomic mass is 10.3. The molecule has 0 amide bonds. The average Bonchev–Trinajstić information content (AvgIpc) is 3.06. The van der Waals surface area contributed by atoms with Crippen LogP contribution in [-0.2, 0) is 30.9 Å². The third-order valence-corrected chi connectivity index (χ3v) is 4.28. The van der Waals surface area contributed by atoms with Crippen molar-refractivity contribution in [2.75, 3.05) is 40.3 Å². The summed E-state index contributed by atoms with van der Waals surface area (Å²) < 4.78 is 13.6. The summed E-state index contributed by atoms with van der Waals surface area (Å²) in [6, 6.07) is 4.08. The second-order valence-corrected chi connectivity index (χ2v) is 6.58.